The molecule has 0 fully saturated rings. The second-order valence-corrected chi connectivity index (χ2v) is 5.73. The number of amides is 2. The Kier molecular flexibility index (Phi) is 5.47. The van der Waals surface area contributed by atoms with Crippen molar-refractivity contribution in [3.05, 3.63) is 41.7 Å². The molecule has 24 heavy (non-hydrogen) atoms. The highest BCUT2D eigenvalue weighted by molar-refractivity contribution is 5.93. The number of rotatable bonds is 5. The van der Waals surface area contributed by atoms with Gasteiger partial charge in [-0.2, -0.15) is 0 Å². The van der Waals surface area contributed by atoms with Gasteiger partial charge in [0.25, 0.3) is 5.91 Å². The number of nitrogens with one attached hydrogen (secondary N) is 3. The van der Waals surface area contributed by atoms with E-state index in [-0.39, 0.29) is 17.9 Å². The molecule has 7 nitrogen and oxygen atoms in total. The van der Waals surface area contributed by atoms with Gasteiger partial charge in [0.15, 0.2) is 0 Å². The maximum atomic E-state index is 12.1. The normalized spacial score (nSPS) is 10.4. The predicted octanol–water partition coefficient (Wildman–Crippen LogP) is 2.63. The molecule has 0 aliphatic heterocycles. The number of aryl methyl sites for hydroxylation is 1. The molecule has 0 saturated carbocycles. The van der Waals surface area contributed by atoms with Gasteiger partial charge in [0, 0.05) is 30.0 Å². The second kappa shape index (κ2) is 7.54. The summed E-state index contributed by atoms with van der Waals surface area (Å²) >= 11 is 0. The van der Waals surface area contributed by atoms with Gasteiger partial charge in [-0.3, -0.25) is 9.59 Å². The highest BCUT2D eigenvalue weighted by atomic mass is 16.2. The number of anilines is 3. The van der Waals surface area contributed by atoms with E-state index in [1.807, 2.05) is 13.8 Å². The molecule has 1 heterocycles. The fraction of sp³-hybridized carbons (Fsp3) is 0.294. The highest BCUT2D eigenvalue weighted by Gasteiger charge is 2.11. The average Bonchev–Trinajstić information content (AvgIpc) is 2.47. The van der Waals surface area contributed by atoms with Gasteiger partial charge in [-0.25, -0.2) is 9.97 Å². The lowest BCUT2D eigenvalue weighted by molar-refractivity contribution is -0.114. The number of nitrogens with zero attached hydrogens (tertiary/aromatic N) is 2. The smallest absolute Gasteiger partial charge is 0.270 e. The van der Waals surface area contributed by atoms with Crippen molar-refractivity contribution in [3.63, 3.8) is 0 Å². The zero-order chi connectivity index (χ0) is 17.7. The Labute approximate surface area is 140 Å². The molecule has 2 amide bonds. The molecule has 0 radical (unpaired) electrons. The van der Waals surface area contributed by atoms with Gasteiger partial charge < -0.3 is 16.0 Å². The Morgan fingerprint density at radius 3 is 2.25 bits per heavy atom. The van der Waals surface area contributed by atoms with Crippen LogP contribution >= 0.6 is 0 Å². The number of benzene rings is 1. The molecule has 0 unspecified atom stereocenters. The molecule has 0 aliphatic rings. The quantitative estimate of drug-likeness (QED) is 0.784. The fourth-order valence-corrected chi connectivity index (χ4v) is 2.05. The summed E-state index contributed by atoms with van der Waals surface area (Å²) in [6.45, 7) is 7.04. The van der Waals surface area contributed by atoms with Crippen LogP contribution in [-0.4, -0.2) is 27.8 Å². The first-order chi connectivity index (χ1) is 11.3. The SMILES string of the molecule is CC(=O)Nc1ccc(Nc2nc(C)cc(C(=O)NC(C)C)n2)cc1. The number of hydrogen-bond acceptors (Lipinski definition) is 5. The van der Waals surface area contributed by atoms with Crippen molar-refractivity contribution in [3.8, 4) is 0 Å². The van der Waals surface area contributed by atoms with E-state index in [0.29, 0.717) is 23.0 Å². The Balaban J connectivity index is 2.16. The van der Waals surface area contributed by atoms with Crippen molar-refractivity contribution >= 4 is 29.1 Å². The fourth-order valence-electron chi connectivity index (χ4n) is 2.05. The molecule has 0 saturated heterocycles. The largest absolute Gasteiger partial charge is 0.349 e. The van der Waals surface area contributed by atoms with E-state index in [1.165, 1.54) is 6.92 Å². The number of hydrogen-bond donors (Lipinski definition) is 3. The van der Waals surface area contributed by atoms with Crippen LogP contribution in [0.1, 0.15) is 37.0 Å². The Bertz CT molecular complexity index is 741. The van der Waals surface area contributed by atoms with Crippen LogP contribution in [-0.2, 0) is 4.79 Å². The van der Waals surface area contributed by atoms with E-state index in [2.05, 4.69) is 25.9 Å². The van der Waals surface area contributed by atoms with Crippen LogP contribution in [0.25, 0.3) is 0 Å². The summed E-state index contributed by atoms with van der Waals surface area (Å²) in [4.78, 5) is 31.6. The van der Waals surface area contributed by atoms with Gasteiger partial charge in [0.2, 0.25) is 11.9 Å². The third-order valence-electron chi connectivity index (χ3n) is 2.97. The molecule has 0 atom stereocenters. The molecule has 0 bridgehead atoms. The molecular formula is C17H21N5O2. The van der Waals surface area contributed by atoms with Crippen molar-refractivity contribution in [2.24, 2.45) is 0 Å². The summed E-state index contributed by atoms with van der Waals surface area (Å²) in [7, 11) is 0. The van der Waals surface area contributed by atoms with Gasteiger partial charge in [0.1, 0.15) is 5.69 Å². The summed E-state index contributed by atoms with van der Waals surface area (Å²) in [6.07, 6.45) is 0. The molecule has 3 N–H and O–H groups in total. The van der Waals surface area contributed by atoms with E-state index >= 15 is 0 Å². The van der Waals surface area contributed by atoms with E-state index in [0.717, 1.165) is 5.69 Å². The van der Waals surface area contributed by atoms with Crippen LogP contribution in [0.15, 0.2) is 30.3 Å². The van der Waals surface area contributed by atoms with Crippen molar-refractivity contribution in [2.45, 2.75) is 33.7 Å². The summed E-state index contributed by atoms with van der Waals surface area (Å²) in [5, 5.41) is 8.56. The Hall–Kier alpha value is -2.96. The monoisotopic (exact) mass is 327 g/mol. The third kappa shape index (κ3) is 5.05. The molecule has 1 aromatic heterocycles. The van der Waals surface area contributed by atoms with Crippen LogP contribution in [0.4, 0.5) is 17.3 Å². The van der Waals surface area contributed by atoms with Crippen LogP contribution in [0.2, 0.25) is 0 Å². The van der Waals surface area contributed by atoms with Gasteiger partial charge in [-0.15, -0.1) is 0 Å². The van der Waals surface area contributed by atoms with E-state index in [4.69, 9.17) is 0 Å². The lowest BCUT2D eigenvalue weighted by Crippen LogP contribution is -2.31. The lowest BCUT2D eigenvalue weighted by Gasteiger charge is -2.11. The summed E-state index contributed by atoms with van der Waals surface area (Å²) in [5.41, 5.74) is 2.46. The molecule has 1 aromatic carbocycles. The van der Waals surface area contributed by atoms with E-state index in [9.17, 15) is 9.59 Å². The minimum absolute atomic E-state index is 0.0329. The predicted molar refractivity (Wildman–Crippen MR) is 93.4 cm³/mol. The van der Waals surface area contributed by atoms with Crippen molar-refractivity contribution in [1.82, 2.24) is 15.3 Å². The van der Waals surface area contributed by atoms with Crippen LogP contribution in [0, 0.1) is 6.92 Å². The van der Waals surface area contributed by atoms with Crippen LogP contribution < -0.4 is 16.0 Å². The maximum absolute atomic E-state index is 12.1. The van der Waals surface area contributed by atoms with Crippen molar-refractivity contribution in [1.29, 1.82) is 0 Å². The van der Waals surface area contributed by atoms with Gasteiger partial charge in [-0.05, 0) is 51.1 Å². The molecule has 126 valence electrons. The molecule has 0 spiro atoms. The van der Waals surface area contributed by atoms with Crippen LogP contribution in [0.3, 0.4) is 0 Å². The van der Waals surface area contributed by atoms with Crippen molar-refractivity contribution in [2.75, 3.05) is 10.6 Å². The average molecular weight is 327 g/mol. The van der Waals surface area contributed by atoms with Gasteiger partial charge in [-0.1, -0.05) is 0 Å². The lowest BCUT2D eigenvalue weighted by atomic mass is 10.2. The van der Waals surface area contributed by atoms with Gasteiger partial charge >= 0.3 is 0 Å². The first-order valence-electron chi connectivity index (χ1n) is 7.64. The third-order valence-corrected chi connectivity index (χ3v) is 2.97. The molecule has 2 aromatic rings. The minimum atomic E-state index is -0.237. The van der Waals surface area contributed by atoms with Gasteiger partial charge in [0.05, 0.1) is 0 Å². The standard InChI is InChI=1S/C17H21N5O2/c1-10(2)18-16(24)15-9-11(3)19-17(22-15)21-14-7-5-13(6-8-14)20-12(4)23/h5-10H,1-4H3,(H,18,24)(H,20,23)(H,19,21,22). The van der Waals surface area contributed by atoms with E-state index in [1.54, 1.807) is 37.3 Å². The zero-order valence-electron chi connectivity index (χ0n) is 14.2. The molecule has 0 aliphatic carbocycles. The molecule has 7 heteroatoms. The van der Waals surface area contributed by atoms with Crippen molar-refractivity contribution < 1.29 is 9.59 Å². The number of aromatic nitrogens is 2. The van der Waals surface area contributed by atoms with Crippen LogP contribution in [0.5, 0.6) is 0 Å². The number of carbonyl (C=O) groups excluding carboxylic acids is 2. The summed E-state index contributed by atoms with van der Waals surface area (Å²) in [5.74, 6) is -0.0192. The second-order valence-electron chi connectivity index (χ2n) is 5.73. The topological polar surface area (TPSA) is 96.0 Å². The highest BCUT2D eigenvalue weighted by Crippen LogP contribution is 2.17. The Morgan fingerprint density at radius 2 is 1.67 bits per heavy atom. The van der Waals surface area contributed by atoms with E-state index < -0.39 is 0 Å². The summed E-state index contributed by atoms with van der Waals surface area (Å²) in [6, 6.07) is 8.81. The number of carbonyl (C=O) groups is 2. The summed E-state index contributed by atoms with van der Waals surface area (Å²) < 4.78 is 0. The Morgan fingerprint density at radius 1 is 1.04 bits per heavy atom. The first kappa shape index (κ1) is 17.4. The minimum Gasteiger partial charge on any atom is -0.349 e. The first-order valence-corrected chi connectivity index (χ1v) is 7.64. The maximum Gasteiger partial charge on any atom is 0.270 e. The molecule has 2 rings (SSSR count). The zero-order valence-corrected chi connectivity index (χ0v) is 14.2. The molecular weight excluding hydrogens is 306 g/mol.